The third kappa shape index (κ3) is 6.62. The molecule has 0 amide bonds. The van der Waals surface area contributed by atoms with Gasteiger partial charge in [0.05, 0.1) is 0 Å². The third-order valence-electron chi connectivity index (χ3n) is 2.33. The van der Waals surface area contributed by atoms with E-state index in [1.54, 1.807) is 0 Å². The minimum atomic E-state index is 0.334. The fourth-order valence-electron chi connectivity index (χ4n) is 1.37. The van der Waals surface area contributed by atoms with Crippen LogP contribution in [0.3, 0.4) is 0 Å². The first-order valence-corrected chi connectivity index (χ1v) is 5.16. The molecule has 0 aliphatic rings. The Labute approximate surface area is 76.7 Å². The first-order chi connectivity index (χ1) is 5.70. The Morgan fingerprint density at radius 1 is 1.17 bits per heavy atom. The molecule has 0 aromatic carbocycles. The lowest BCUT2D eigenvalue weighted by atomic mass is 9.95. The standard InChI is InChI=1S/C10H24N2/c1-3-4-5-10(8-11)7-6-9(2)12/h9-10H,3-8,11-12H2,1-2H3. The number of rotatable bonds is 7. The molecular weight excluding hydrogens is 148 g/mol. The maximum Gasteiger partial charge on any atom is 0.00105 e. The molecule has 0 spiro atoms. The van der Waals surface area contributed by atoms with Crippen molar-refractivity contribution in [2.45, 2.75) is 52.0 Å². The summed E-state index contributed by atoms with van der Waals surface area (Å²) in [5.74, 6) is 0.705. The second-order valence-electron chi connectivity index (χ2n) is 3.80. The highest BCUT2D eigenvalue weighted by molar-refractivity contribution is 4.63. The molecule has 2 unspecified atom stereocenters. The fourth-order valence-corrected chi connectivity index (χ4v) is 1.37. The topological polar surface area (TPSA) is 52.0 Å². The van der Waals surface area contributed by atoms with Gasteiger partial charge in [0, 0.05) is 6.04 Å². The number of hydrogen-bond donors (Lipinski definition) is 2. The average Bonchev–Trinajstić information content (AvgIpc) is 2.05. The Kier molecular flexibility index (Phi) is 7.51. The van der Waals surface area contributed by atoms with Crippen LogP contribution in [-0.4, -0.2) is 12.6 Å². The van der Waals surface area contributed by atoms with Gasteiger partial charge in [0.25, 0.3) is 0 Å². The molecular formula is C10H24N2. The van der Waals surface area contributed by atoms with Gasteiger partial charge < -0.3 is 11.5 Å². The Morgan fingerprint density at radius 2 is 1.83 bits per heavy atom. The summed E-state index contributed by atoms with van der Waals surface area (Å²) in [5.41, 5.74) is 11.3. The molecule has 2 heteroatoms. The average molecular weight is 172 g/mol. The number of hydrogen-bond acceptors (Lipinski definition) is 2. The lowest BCUT2D eigenvalue weighted by Gasteiger charge is -2.15. The predicted molar refractivity (Wildman–Crippen MR) is 55.0 cm³/mol. The van der Waals surface area contributed by atoms with Gasteiger partial charge in [-0.3, -0.25) is 0 Å². The van der Waals surface area contributed by atoms with E-state index in [1.807, 2.05) is 0 Å². The molecule has 4 N–H and O–H groups in total. The molecule has 2 nitrogen and oxygen atoms in total. The van der Waals surface area contributed by atoms with E-state index in [-0.39, 0.29) is 0 Å². The van der Waals surface area contributed by atoms with Gasteiger partial charge in [-0.1, -0.05) is 19.8 Å². The zero-order valence-corrected chi connectivity index (χ0v) is 8.55. The van der Waals surface area contributed by atoms with E-state index < -0.39 is 0 Å². The molecule has 0 radical (unpaired) electrons. The highest BCUT2D eigenvalue weighted by Gasteiger charge is 2.06. The van der Waals surface area contributed by atoms with Crippen LogP contribution in [0.4, 0.5) is 0 Å². The maximum atomic E-state index is 5.68. The third-order valence-corrected chi connectivity index (χ3v) is 2.33. The molecule has 0 saturated carbocycles. The van der Waals surface area contributed by atoms with Gasteiger partial charge in [-0.05, 0) is 38.6 Å². The molecule has 0 aromatic rings. The molecule has 0 fully saturated rings. The summed E-state index contributed by atoms with van der Waals surface area (Å²) in [6.45, 7) is 5.11. The smallest absolute Gasteiger partial charge is 0.00105 e. The Balaban J connectivity index is 3.39. The van der Waals surface area contributed by atoms with Gasteiger partial charge in [-0.15, -0.1) is 0 Å². The Morgan fingerprint density at radius 3 is 2.25 bits per heavy atom. The van der Waals surface area contributed by atoms with E-state index in [0.717, 1.165) is 13.0 Å². The minimum absolute atomic E-state index is 0.334. The van der Waals surface area contributed by atoms with Crippen LogP contribution in [0, 0.1) is 5.92 Å². The van der Waals surface area contributed by atoms with E-state index in [0.29, 0.717) is 12.0 Å². The van der Waals surface area contributed by atoms with E-state index in [1.165, 1.54) is 25.7 Å². The number of unbranched alkanes of at least 4 members (excludes halogenated alkanes) is 1. The van der Waals surface area contributed by atoms with Crippen molar-refractivity contribution in [3.8, 4) is 0 Å². The van der Waals surface area contributed by atoms with Gasteiger partial charge in [0.2, 0.25) is 0 Å². The maximum absolute atomic E-state index is 5.68. The lowest BCUT2D eigenvalue weighted by Crippen LogP contribution is -2.20. The molecule has 74 valence electrons. The summed E-state index contributed by atoms with van der Waals surface area (Å²) in [6, 6.07) is 0.334. The normalized spacial score (nSPS) is 16.0. The fraction of sp³-hybridized carbons (Fsp3) is 1.00. The zero-order valence-electron chi connectivity index (χ0n) is 8.55. The molecule has 0 aliphatic carbocycles. The van der Waals surface area contributed by atoms with Gasteiger partial charge in [0.1, 0.15) is 0 Å². The number of nitrogens with two attached hydrogens (primary N) is 2. The molecule has 0 aromatic heterocycles. The second-order valence-corrected chi connectivity index (χ2v) is 3.80. The van der Waals surface area contributed by atoms with Crippen LogP contribution < -0.4 is 11.5 Å². The monoisotopic (exact) mass is 172 g/mol. The second kappa shape index (κ2) is 7.56. The molecule has 2 atom stereocenters. The summed E-state index contributed by atoms with van der Waals surface area (Å²) >= 11 is 0. The lowest BCUT2D eigenvalue weighted by molar-refractivity contribution is 0.415. The van der Waals surface area contributed by atoms with Gasteiger partial charge in [-0.25, -0.2) is 0 Å². The van der Waals surface area contributed by atoms with E-state index in [2.05, 4.69) is 13.8 Å². The summed E-state index contributed by atoms with van der Waals surface area (Å²) in [6.07, 6.45) is 6.18. The van der Waals surface area contributed by atoms with Crippen LogP contribution in [0.25, 0.3) is 0 Å². The van der Waals surface area contributed by atoms with Crippen molar-refractivity contribution in [1.29, 1.82) is 0 Å². The molecule has 0 heterocycles. The van der Waals surface area contributed by atoms with Crippen molar-refractivity contribution in [3.63, 3.8) is 0 Å². The van der Waals surface area contributed by atoms with Crippen LogP contribution in [0.1, 0.15) is 46.0 Å². The quantitative estimate of drug-likeness (QED) is 0.616. The first-order valence-electron chi connectivity index (χ1n) is 5.16. The molecule has 0 rings (SSSR count). The van der Waals surface area contributed by atoms with Crippen LogP contribution in [0.2, 0.25) is 0 Å². The summed E-state index contributed by atoms with van der Waals surface area (Å²) in [7, 11) is 0. The van der Waals surface area contributed by atoms with Crippen molar-refractivity contribution in [3.05, 3.63) is 0 Å². The Bertz CT molecular complexity index is 91.8. The van der Waals surface area contributed by atoms with Gasteiger partial charge in [0.15, 0.2) is 0 Å². The predicted octanol–water partition coefficient (Wildman–Crippen LogP) is 1.88. The van der Waals surface area contributed by atoms with Crippen molar-refractivity contribution in [2.75, 3.05) is 6.54 Å². The Hall–Kier alpha value is -0.0800. The summed E-state index contributed by atoms with van der Waals surface area (Å²) in [4.78, 5) is 0. The molecule has 0 aliphatic heterocycles. The minimum Gasteiger partial charge on any atom is -0.330 e. The molecule has 0 saturated heterocycles. The van der Waals surface area contributed by atoms with Crippen LogP contribution in [-0.2, 0) is 0 Å². The SMILES string of the molecule is CCCCC(CN)CCC(C)N. The highest BCUT2D eigenvalue weighted by Crippen LogP contribution is 2.13. The molecule has 12 heavy (non-hydrogen) atoms. The van der Waals surface area contributed by atoms with E-state index in [9.17, 15) is 0 Å². The zero-order chi connectivity index (χ0) is 9.40. The first kappa shape index (κ1) is 11.9. The molecule has 0 bridgehead atoms. The van der Waals surface area contributed by atoms with Crippen LogP contribution in [0.5, 0.6) is 0 Å². The van der Waals surface area contributed by atoms with E-state index >= 15 is 0 Å². The van der Waals surface area contributed by atoms with Gasteiger partial charge >= 0.3 is 0 Å². The summed E-state index contributed by atoms with van der Waals surface area (Å²) < 4.78 is 0. The summed E-state index contributed by atoms with van der Waals surface area (Å²) in [5, 5.41) is 0. The highest BCUT2D eigenvalue weighted by atomic mass is 14.6. The van der Waals surface area contributed by atoms with Gasteiger partial charge in [-0.2, -0.15) is 0 Å². The van der Waals surface area contributed by atoms with Crippen molar-refractivity contribution < 1.29 is 0 Å². The van der Waals surface area contributed by atoms with E-state index in [4.69, 9.17) is 11.5 Å². The van der Waals surface area contributed by atoms with Crippen molar-refractivity contribution >= 4 is 0 Å². The van der Waals surface area contributed by atoms with Crippen LogP contribution >= 0.6 is 0 Å². The van der Waals surface area contributed by atoms with Crippen molar-refractivity contribution in [2.24, 2.45) is 17.4 Å². The largest absolute Gasteiger partial charge is 0.330 e. The van der Waals surface area contributed by atoms with Crippen molar-refractivity contribution in [1.82, 2.24) is 0 Å². The van der Waals surface area contributed by atoms with Crippen LogP contribution in [0.15, 0.2) is 0 Å².